The summed E-state index contributed by atoms with van der Waals surface area (Å²) in [7, 11) is 0. The van der Waals surface area contributed by atoms with E-state index in [1.807, 2.05) is 36.7 Å². The number of hydrogen-bond acceptors (Lipinski definition) is 5. The lowest BCUT2D eigenvalue weighted by atomic mass is 10.2. The van der Waals surface area contributed by atoms with Gasteiger partial charge in [-0.3, -0.25) is 9.97 Å². The van der Waals surface area contributed by atoms with Gasteiger partial charge >= 0.3 is 0 Å². The zero-order valence-electron chi connectivity index (χ0n) is 11.3. The number of rotatable bonds is 3. The van der Waals surface area contributed by atoms with E-state index in [0.717, 1.165) is 37.6 Å². The van der Waals surface area contributed by atoms with E-state index in [-0.39, 0.29) is 6.61 Å². The molecule has 0 atom stereocenters. The summed E-state index contributed by atoms with van der Waals surface area (Å²) in [6.45, 7) is 3.77. The lowest BCUT2D eigenvalue weighted by Crippen LogP contribution is -2.46. The van der Waals surface area contributed by atoms with Crippen LogP contribution in [0.15, 0.2) is 42.9 Å². The molecule has 20 heavy (non-hydrogen) atoms. The fraction of sp³-hybridized carbons (Fsp3) is 0.333. The van der Waals surface area contributed by atoms with Crippen LogP contribution < -0.4 is 9.80 Å². The summed E-state index contributed by atoms with van der Waals surface area (Å²) < 4.78 is 0. The van der Waals surface area contributed by atoms with Gasteiger partial charge in [-0.1, -0.05) is 0 Å². The third-order valence-electron chi connectivity index (χ3n) is 3.66. The molecule has 3 rings (SSSR count). The summed E-state index contributed by atoms with van der Waals surface area (Å²) in [4.78, 5) is 12.9. The van der Waals surface area contributed by atoms with E-state index in [1.165, 1.54) is 5.69 Å². The zero-order chi connectivity index (χ0) is 13.8. The van der Waals surface area contributed by atoms with Gasteiger partial charge in [-0.05, 0) is 24.3 Å². The molecule has 5 heteroatoms. The molecule has 0 aromatic carbocycles. The third kappa shape index (κ3) is 2.58. The van der Waals surface area contributed by atoms with Gasteiger partial charge in [-0.2, -0.15) is 0 Å². The van der Waals surface area contributed by atoms with Gasteiger partial charge < -0.3 is 14.9 Å². The Balaban J connectivity index is 1.70. The van der Waals surface area contributed by atoms with Gasteiger partial charge in [0.2, 0.25) is 0 Å². The third-order valence-corrected chi connectivity index (χ3v) is 3.66. The number of aliphatic hydroxyl groups excluding tert-OH is 1. The predicted molar refractivity (Wildman–Crippen MR) is 78.8 cm³/mol. The van der Waals surface area contributed by atoms with Crippen LogP contribution in [0.4, 0.5) is 11.4 Å². The number of aromatic nitrogens is 2. The Hall–Kier alpha value is -2.14. The summed E-state index contributed by atoms with van der Waals surface area (Å²) in [5.41, 5.74) is 3.02. The van der Waals surface area contributed by atoms with Crippen LogP contribution in [0.5, 0.6) is 0 Å². The molecule has 1 saturated heterocycles. The first-order valence-electron chi connectivity index (χ1n) is 6.83. The molecule has 1 aliphatic rings. The summed E-state index contributed by atoms with van der Waals surface area (Å²) in [6, 6.07) is 8.03. The SMILES string of the molecule is OCc1ncccc1N1CCN(c2ccncc2)CC1. The summed E-state index contributed by atoms with van der Waals surface area (Å²) in [6.07, 6.45) is 5.38. The molecule has 5 nitrogen and oxygen atoms in total. The molecule has 104 valence electrons. The van der Waals surface area contributed by atoms with Gasteiger partial charge in [0.05, 0.1) is 18.0 Å². The molecule has 2 aromatic rings. The molecule has 1 fully saturated rings. The molecule has 1 N–H and O–H groups in total. The van der Waals surface area contributed by atoms with Crippen molar-refractivity contribution in [2.45, 2.75) is 6.61 Å². The molecule has 1 aliphatic heterocycles. The molecule has 0 unspecified atom stereocenters. The van der Waals surface area contributed by atoms with E-state index in [2.05, 4.69) is 19.8 Å². The Labute approximate surface area is 118 Å². The lowest BCUT2D eigenvalue weighted by Gasteiger charge is -2.37. The van der Waals surface area contributed by atoms with Gasteiger partial charge in [-0.15, -0.1) is 0 Å². The maximum Gasteiger partial charge on any atom is 0.0890 e. The Morgan fingerprint density at radius 2 is 1.65 bits per heavy atom. The van der Waals surface area contributed by atoms with E-state index < -0.39 is 0 Å². The first kappa shape index (κ1) is 12.9. The number of aliphatic hydroxyl groups is 1. The second-order valence-electron chi connectivity index (χ2n) is 4.81. The van der Waals surface area contributed by atoms with Crippen molar-refractivity contribution < 1.29 is 5.11 Å². The lowest BCUT2D eigenvalue weighted by molar-refractivity contribution is 0.277. The maximum atomic E-state index is 9.37. The molecule has 2 aromatic heterocycles. The number of piperazine rings is 1. The Morgan fingerprint density at radius 1 is 0.950 bits per heavy atom. The van der Waals surface area contributed by atoms with E-state index in [4.69, 9.17) is 0 Å². The second-order valence-corrected chi connectivity index (χ2v) is 4.81. The molecule has 0 spiro atoms. The van der Waals surface area contributed by atoms with Crippen LogP contribution in [0.3, 0.4) is 0 Å². The van der Waals surface area contributed by atoms with Gasteiger partial charge in [0.25, 0.3) is 0 Å². The zero-order valence-corrected chi connectivity index (χ0v) is 11.3. The number of pyridine rings is 2. The normalized spacial score (nSPS) is 15.4. The van der Waals surface area contributed by atoms with Crippen LogP contribution in [0.1, 0.15) is 5.69 Å². The predicted octanol–water partition coefficient (Wildman–Crippen LogP) is 1.30. The second kappa shape index (κ2) is 5.88. The molecule has 0 radical (unpaired) electrons. The highest BCUT2D eigenvalue weighted by Crippen LogP contribution is 2.22. The molecular weight excluding hydrogens is 252 g/mol. The monoisotopic (exact) mass is 270 g/mol. The van der Waals surface area contributed by atoms with E-state index in [1.54, 1.807) is 6.20 Å². The molecule has 0 saturated carbocycles. The highest BCUT2D eigenvalue weighted by atomic mass is 16.3. The minimum atomic E-state index is -0.0132. The highest BCUT2D eigenvalue weighted by molar-refractivity contribution is 5.53. The smallest absolute Gasteiger partial charge is 0.0890 e. The molecule has 0 bridgehead atoms. The first-order valence-corrected chi connectivity index (χ1v) is 6.83. The topological polar surface area (TPSA) is 52.5 Å². The molecule has 0 aliphatic carbocycles. The van der Waals surface area contributed by atoms with Gasteiger partial charge in [-0.25, -0.2) is 0 Å². The number of hydrogen-bond donors (Lipinski definition) is 1. The van der Waals surface area contributed by atoms with Gasteiger partial charge in [0, 0.05) is 50.5 Å². The quantitative estimate of drug-likeness (QED) is 0.911. The average molecular weight is 270 g/mol. The van der Waals surface area contributed by atoms with Crippen molar-refractivity contribution in [1.29, 1.82) is 0 Å². The highest BCUT2D eigenvalue weighted by Gasteiger charge is 2.19. The average Bonchev–Trinajstić information content (AvgIpc) is 2.56. The van der Waals surface area contributed by atoms with Crippen molar-refractivity contribution in [3.8, 4) is 0 Å². The van der Waals surface area contributed by atoms with Crippen molar-refractivity contribution in [3.63, 3.8) is 0 Å². The van der Waals surface area contributed by atoms with Crippen molar-refractivity contribution in [1.82, 2.24) is 9.97 Å². The first-order chi connectivity index (χ1) is 9.88. The van der Waals surface area contributed by atoms with Gasteiger partial charge in [0.15, 0.2) is 0 Å². The Morgan fingerprint density at radius 3 is 2.35 bits per heavy atom. The fourth-order valence-electron chi connectivity index (χ4n) is 2.60. The standard InChI is InChI=1S/C15H18N4O/c20-12-14-15(2-1-5-17-14)19-10-8-18(9-11-19)13-3-6-16-7-4-13/h1-7,20H,8-12H2. The van der Waals surface area contributed by atoms with Crippen molar-refractivity contribution in [2.75, 3.05) is 36.0 Å². The van der Waals surface area contributed by atoms with Crippen molar-refractivity contribution in [3.05, 3.63) is 48.5 Å². The van der Waals surface area contributed by atoms with E-state index >= 15 is 0 Å². The van der Waals surface area contributed by atoms with E-state index in [0.29, 0.717) is 0 Å². The Kier molecular flexibility index (Phi) is 3.78. The number of anilines is 2. The van der Waals surface area contributed by atoms with Crippen molar-refractivity contribution in [2.24, 2.45) is 0 Å². The molecule has 3 heterocycles. The largest absolute Gasteiger partial charge is 0.390 e. The van der Waals surface area contributed by atoms with Crippen molar-refractivity contribution >= 4 is 11.4 Å². The minimum absolute atomic E-state index is 0.0132. The van der Waals surface area contributed by atoms with Crippen LogP contribution in [0.2, 0.25) is 0 Å². The number of nitrogens with zero attached hydrogens (tertiary/aromatic N) is 4. The van der Waals surface area contributed by atoms with Crippen LogP contribution in [-0.4, -0.2) is 41.3 Å². The Bertz CT molecular complexity index is 553. The van der Waals surface area contributed by atoms with E-state index in [9.17, 15) is 5.11 Å². The summed E-state index contributed by atoms with van der Waals surface area (Å²) in [5, 5.41) is 9.37. The van der Waals surface area contributed by atoms with Gasteiger partial charge in [0.1, 0.15) is 0 Å². The minimum Gasteiger partial charge on any atom is -0.390 e. The summed E-state index contributed by atoms with van der Waals surface area (Å²) >= 11 is 0. The molecule has 0 amide bonds. The summed E-state index contributed by atoms with van der Waals surface area (Å²) in [5.74, 6) is 0. The van der Waals surface area contributed by atoms with Crippen LogP contribution >= 0.6 is 0 Å². The van der Waals surface area contributed by atoms with Crippen LogP contribution in [0.25, 0.3) is 0 Å². The molecular formula is C15H18N4O. The maximum absolute atomic E-state index is 9.37. The van der Waals surface area contributed by atoms with Crippen LogP contribution in [0, 0.1) is 0 Å². The fourth-order valence-corrected chi connectivity index (χ4v) is 2.60. The van der Waals surface area contributed by atoms with Crippen LogP contribution in [-0.2, 0) is 6.61 Å².